The van der Waals surface area contributed by atoms with Crippen molar-refractivity contribution in [3.63, 3.8) is 0 Å². The Hall–Kier alpha value is 0.0700. The first kappa shape index (κ1) is 14.1. The molecule has 3 atom stereocenters. The quantitative estimate of drug-likeness (QED) is 0.720. The first-order chi connectivity index (χ1) is 7.38. The standard InChI is InChI=1S/C10H21O5P/c1-7(2)10-9(12-5)6-13-16(11,15-10)14-8(3)4/h7-10H,6H2,1-5H3/t9?,10-,16?/m0/s1. The van der Waals surface area contributed by atoms with Gasteiger partial charge in [-0.15, -0.1) is 0 Å². The Kier molecular flexibility index (Phi) is 4.95. The summed E-state index contributed by atoms with van der Waals surface area (Å²) >= 11 is 0. The fourth-order valence-corrected chi connectivity index (χ4v) is 3.27. The number of phosphoric ester groups is 1. The minimum atomic E-state index is -3.41. The van der Waals surface area contributed by atoms with E-state index in [9.17, 15) is 4.57 Å². The van der Waals surface area contributed by atoms with Crippen molar-refractivity contribution >= 4 is 7.82 Å². The maximum absolute atomic E-state index is 12.1. The van der Waals surface area contributed by atoms with E-state index >= 15 is 0 Å². The lowest BCUT2D eigenvalue weighted by molar-refractivity contribution is -0.0981. The summed E-state index contributed by atoms with van der Waals surface area (Å²) in [5.41, 5.74) is 0. The third-order valence-electron chi connectivity index (χ3n) is 2.31. The van der Waals surface area contributed by atoms with Crippen LogP contribution in [-0.2, 0) is 22.9 Å². The SMILES string of the molecule is COC1COP(=O)(OC(C)C)O[C@H]1C(C)C. The van der Waals surface area contributed by atoms with Crippen molar-refractivity contribution in [3.05, 3.63) is 0 Å². The van der Waals surface area contributed by atoms with Gasteiger partial charge in [0.2, 0.25) is 0 Å². The predicted molar refractivity (Wildman–Crippen MR) is 60.3 cm³/mol. The van der Waals surface area contributed by atoms with Crippen LogP contribution in [0.4, 0.5) is 0 Å². The smallest absolute Gasteiger partial charge is 0.376 e. The van der Waals surface area contributed by atoms with Crippen LogP contribution in [0.1, 0.15) is 27.7 Å². The fourth-order valence-electron chi connectivity index (χ4n) is 1.57. The van der Waals surface area contributed by atoms with Gasteiger partial charge < -0.3 is 4.74 Å². The van der Waals surface area contributed by atoms with Crippen molar-refractivity contribution in [2.75, 3.05) is 13.7 Å². The molecule has 0 saturated carbocycles. The van der Waals surface area contributed by atoms with Gasteiger partial charge in [0, 0.05) is 7.11 Å². The molecule has 2 unspecified atom stereocenters. The van der Waals surface area contributed by atoms with Crippen molar-refractivity contribution in [1.82, 2.24) is 0 Å². The number of hydrogen-bond acceptors (Lipinski definition) is 5. The summed E-state index contributed by atoms with van der Waals surface area (Å²) in [6.45, 7) is 7.80. The van der Waals surface area contributed by atoms with Crippen LogP contribution in [0.25, 0.3) is 0 Å². The molecule has 6 heteroatoms. The Morgan fingerprint density at radius 2 is 1.94 bits per heavy atom. The number of rotatable bonds is 4. The first-order valence-corrected chi connectivity index (χ1v) is 6.98. The molecule has 1 fully saturated rings. The molecule has 0 aromatic carbocycles. The predicted octanol–water partition coefficient (Wildman–Crippen LogP) is 2.61. The van der Waals surface area contributed by atoms with Crippen molar-refractivity contribution < 1.29 is 22.9 Å². The van der Waals surface area contributed by atoms with Crippen LogP contribution in [-0.4, -0.2) is 32.0 Å². The van der Waals surface area contributed by atoms with E-state index in [0.29, 0.717) is 0 Å². The first-order valence-electron chi connectivity index (χ1n) is 5.52. The van der Waals surface area contributed by atoms with Crippen LogP contribution >= 0.6 is 7.82 Å². The minimum absolute atomic E-state index is 0.193. The molecule has 0 aliphatic carbocycles. The lowest BCUT2D eigenvalue weighted by atomic mass is 10.0. The molecule has 1 aliphatic rings. The highest BCUT2D eigenvalue weighted by Gasteiger charge is 2.42. The van der Waals surface area contributed by atoms with Crippen LogP contribution < -0.4 is 0 Å². The van der Waals surface area contributed by atoms with Crippen molar-refractivity contribution in [3.8, 4) is 0 Å². The second-order valence-corrected chi connectivity index (χ2v) is 6.06. The molecular formula is C10H21O5P. The molecule has 0 aromatic rings. The molecule has 0 spiro atoms. The molecule has 1 heterocycles. The lowest BCUT2D eigenvalue weighted by Crippen LogP contribution is -2.41. The largest absolute Gasteiger partial charge is 0.475 e. The molecule has 5 nitrogen and oxygen atoms in total. The van der Waals surface area contributed by atoms with Gasteiger partial charge in [0.05, 0.1) is 12.7 Å². The zero-order valence-corrected chi connectivity index (χ0v) is 11.4. The van der Waals surface area contributed by atoms with Gasteiger partial charge in [0.1, 0.15) is 12.2 Å². The van der Waals surface area contributed by atoms with Crippen molar-refractivity contribution in [2.24, 2.45) is 5.92 Å². The number of methoxy groups -OCH3 is 1. The third kappa shape index (κ3) is 3.54. The van der Waals surface area contributed by atoms with E-state index in [1.54, 1.807) is 21.0 Å². The van der Waals surface area contributed by atoms with Crippen LogP contribution in [0, 0.1) is 5.92 Å². The zero-order chi connectivity index (χ0) is 12.3. The molecule has 0 bridgehead atoms. The van der Waals surface area contributed by atoms with Gasteiger partial charge in [0.15, 0.2) is 0 Å². The van der Waals surface area contributed by atoms with Crippen LogP contribution in [0.15, 0.2) is 0 Å². The summed E-state index contributed by atoms with van der Waals surface area (Å²) in [4.78, 5) is 0. The molecular weight excluding hydrogens is 231 g/mol. The van der Waals surface area contributed by atoms with Crippen LogP contribution in [0.2, 0.25) is 0 Å². The lowest BCUT2D eigenvalue weighted by Gasteiger charge is -2.36. The Labute approximate surface area is 97.0 Å². The summed E-state index contributed by atoms with van der Waals surface area (Å²) < 4.78 is 33.1. The Balaban J connectivity index is 2.71. The van der Waals surface area contributed by atoms with E-state index < -0.39 is 7.82 Å². The van der Waals surface area contributed by atoms with Gasteiger partial charge >= 0.3 is 7.82 Å². The number of hydrogen-bond donors (Lipinski definition) is 0. The second kappa shape index (κ2) is 5.61. The molecule has 0 amide bonds. The van der Waals surface area contributed by atoms with Crippen LogP contribution in [0.3, 0.4) is 0 Å². The highest BCUT2D eigenvalue weighted by molar-refractivity contribution is 7.48. The molecule has 0 N–H and O–H groups in total. The number of ether oxygens (including phenoxy) is 1. The Morgan fingerprint density at radius 1 is 1.31 bits per heavy atom. The van der Waals surface area contributed by atoms with Crippen LogP contribution in [0.5, 0.6) is 0 Å². The molecule has 96 valence electrons. The molecule has 0 aromatic heterocycles. The molecule has 1 aliphatic heterocycles. The maximum Gasteiger partial charge on any atom is 0.475 e. The highest BCUT2D eigenvalue weighted by Crippen LogP contribution is 2.55. The van der Waals surface area contributed by atoms with Gasteiger partial charge in [-0.05, 0) is 19.8 Å². The molecule has 1 rings (SSSR count). The van der Waals surface area contributed by atoms with E-state index in [1.165, 1.54) is 0 Å². The summed E-state index contributed by atoms with van der Waals surface area (Å²) in [5.74, 6) is 0.193. The van der Waals surface area contributed by atoms with E-state index in [-0.39, 0.29) is 30.8 Å². The molecule has 0 radical (unpaired) electrons. The summed E-state index contributed by atoms with van der Waals surface area (Å²) in [6.07, 6.45) is -0.654. The summed E-state index contributed by atoms with van der Waals surface area (Å²) in [7, 11) is -1.82. The highest BCUT2D eigenvalue weighted by atomic mass is 31.2. The van der Waals surface area contributed by atoms with Crippen molar-refractivity contribution in [2.45, 2.75) is 46.0 Å². The molecule has 16 heavy (non-hydrogen) atoms. The average molecular weight is 252 g/mol. The Bertz CT molecular complexity index is 266. The van der Waals surface area contributed by atoms with Gasteiger partial charge in [0.25, 0.3) is 0 Å². The normalized spacial score (nSPS) is 35.9. The number of phosphoric acid groups is 1. The van der Waals surface area contributed by atoms with E-state index in [2.05, 4.69) is 0 Å². The Morgan fingerprint density at radius 3 is 2.38 bits per heavy atom. The van der Waals surface area contributed by atoms with Crippen molar-refractivity contribution in [1.29, 1.82) is 0 Å². The van der Waals surface area contributed by atoms with E-state index in [1.807, 2.05) is 13.8 Å². The monoisotopic (exact) mass is 252 g/mol. The zero-order valence-electron chi connectivity index (χ0n) is 10.5. The topological polar surface area (TPSA) is 54.0 Å². The van der Waals surface area contributed by atoms with Gasteiger partial charge in [-0.25, -0.2) is 4.57 Å². The summed E-state index contributed by atoms with van der Waals surface area (Å²) in [5, 5.41) is 0. The van der Waals surface area contributed by atoms with Gasteiger partial charge in [-0.2, -0.15) is 0 Å². The van der Waals surface area contributed by atoms with Gasteiger partial charge in [-0.1, -0.05) is 13.8 Å². The minimum Gasteiger partial charge on any atom is -0.376 e. The summed E-state index contributed by atoms with van der Waals surface area (Å²) in [6, 6.07) is 0. The average Bonchev–Trinajstić information content (AvgIpc) is 2.15. The maximum atomic E-state index is 12.1. The van der Waals surface area contributed by atoms with E-state index in [0.717, 1.165) is 0 Å². The van der Waals surface area contributed by atoms with Gasteiger partial charge in [-0.3, -0.25) is 13.6 Å². The van der Waals surface area contributed by atoms with E-state index in [4.69, 9.17) is 18.3 Å². The fraction of sp³-hybridized carbons (Fsp3) is 1.00. The third-order valence-corrected chi connectivity index (χ3v) is 3.96. The second-order valence-electron chi connectivity index (χ2n) is 4.49. The molecule has 1 saturated heterocycles.